The Hall–Kier alpha value is -2.65. The maximum Gasteiger partial charge on any atom is 0.136 e. The summed E-state index contributed by atoms with van der Waals surface area (Å²) >= 11 is 0. The van der Waals surface area contributed by atoms with Gasteiger partial charge in [-0.25, -0.2) is 9.37 Å². The van der Waals surface area contributed by atoms with Gasteiger partial charge in [-0.2, -0.15) is 5.26 Å². The number of aliphatic hydroxyl groups is 1. The van der Waals surface area contributed by atoms with E-state index in [1.807, 2.05) is 0 Å². The fourth-order valence-corrected chi connectivity index (χ4v) is 3.82. The molecule has 0 aliphatic heterocycles. The Labute approximate surface area is 144 Å². The summed E-state index contributed by atoms with van der Waals surface area (Å²) in [6, 6.07) is 6.87. The minimum absolute atomic E-state index is 0.186. The van der Waals surface area contributed by atoms with Crippen LogP contribution in [0.25, 0.3) is 21.8 Å². The third-order valence-electron chi connectivity index (χ3n) is 5.17. The average Bonchev–Trinajstić information content (AvgIpc) is 2.96. The van der Waals surface area contributed by atoms with E-state index in [-0.39, 0.29) is 18.0 Å². The van der Waals surface area contributed by atoms with Crippen LogP contribution in [0.5, 0.6) is 0 Å². The predicted octanol–water partition coefficient (Wildman–Crippen LogP) is 3.69. The number of aliphatic hydroxyl groups excluding tert-OH is 1. The second-order valence-corrected chi connectivity index (χ2v) is 6.89. The van der Waals surface area contributed by atoms with Crippen LogP contribution in [0.15, 0.2) is 24.4 Å². The third kappa shape index (κ3) is 2.71. The second-order valence-electron chi connectivity index (χ2n) is 6.89. The number of halogens is 1. The maximum atomic E-state index is 13.8. The van der Waals surface area contributed by atoms with Crippen molar-refractivity contribution < 1.29 is 9.50 Å². The molecule has 0 amide bonds. The molecule has 3 N–H and O–H groups in total. The molecule has 0 spiro atoms. The monoisotopic (exact) mass is 338 g/mol. The Morgan fingerprint density at radius 1 is 1.40 bits per heavy atom. The van der Waals surface area contributed by atoms with Gasteiger partial charge in [0, 0.05) is 23.1 Å². The van der Waals surface area contributed by atoms with Gasteiger partial charge in [0.25, 0.3) is 0 Å². The molecule has 1 aliphatic carbocycles. The van der Waals surface area contributed by atoms with Gasteiger partial charge in [0.05, 0.1) is 22.6 Å². The van der Waals surface area contributed by atoms with Crippen LogP contribution in [-0.4, -0.2) is 27.2 Å². The van der Waals surface area contributed by atoms with Crippen LogP contribution in [0.2, 0.25) is 0 Å². The lowest BCUT2D eigenvalue weighted by molar-refractivity contribution is 0.0999. The lowest BCUT2D eigenvalue weighted by Gasteiger charge is -2.32. The molecule has 1 fully saturated rings. The molecular formula is C19H19FN4O. The summed E-state index contributed by atoms with van der Waals surface area (Å²) in [5.41, 5.74) is 1.88. The first kappa shape index (κ1) is 15.9. The molecule has 25 heavy (non-hydrogen) atoms. The van der Waals surface area contributed by atoms with Crippen LogP contribution in [0.3, 0.4) is 0 Å². The molecule has 5 nitrogen and oxygen atoms in total. The van der Waals surface area contributed by atoms with E-state index in [4.69, 9.17) is 0 Å². The van der Waals surface area contributed by atoms with E-state index < -0.39 is 0 Å². The number of hydrogen-bond donors (Lipinski definition) is 3. The van der Waals surface area contributed by atoms with Crippen molar-refractivity contribution in [3.05, 3.63) is 35.8 Å². The number of nitriles is 1. The summed E-state index contributed by atoms with van der Waals surface area (Å²) in [6.07, 6.45) is 3.65. The zero-order valence-corrected chi connectivity index (χ0v) is 13.9. The minimum atomic E-state index is -0.323. The first-order valence-electron chi connectivity index (χ1n) is 8.51. The molecule has 6 heteroatoms. The molecule has 2 heterocycles. The van der Waals surface area contributed by atoms with Gasteiger partial charge in [-0.15, -0.1) is 0 Å². The first-order chi connectivity index (χ1) is 12.1. The topological polar surface area (TPSA) is 84.7 Å². The predicted molar refractivity (Wildman–Crippen MR) is 94.7 cm³/mol. The van der Waals surface area contributed by atoms with Crippen molar-refractivity contribution in [3.63, 3.8) is 0 Å². The fraction of sp³-hybridized carbons (Fsp3) is 0.368. The number of nitrogens with one attached hydrogen (secondary N) is 2. The largest absolute Gasteiger partial charge is 0.393 e. The summed E-state index contributed by atoms with van der Waals surface area (Å²) in [7, 11) is 0. The number of aromatic nitrogens is 2. The van der Waals surface area contributed by atoms with Gasteiger partial charge in [-0.05, 0) is 43.4 Å². The molecule has 1 aromatic carbocycles. The van der Waals surface area contributed by atoms with Crippen molar-refractivity contribution in [1.29, 1.82) is 5.26 Å². The van der Waals surface area contributed by atoms with Gasteiger partial charge in [-0.3, -0.25) is 0 Å². The molecule has 4 rings (SSSR count). The van der Waals surface area contributed by atoms with E-state index in [1.165, 1.54) is 12.1 Å². The number of aromatic amines is 1. The molecule has 2 aromatic heterocycles. The third-order valence-corrected chi connectivity index (χ3v) is 5.17. The van der Waals surface area contributed by atoms with E-state index in [1.54, 1.807) is 12.3 Å². The Bertz CT molecular complexity index is 990. The van der Waals surface area contributed by atoms with E-state index >= 15 is 0 Å². The Balaban J connectivity index is 1.85. The quantitative estimate of drug-likeness (QED) is 0.665. The van der Waals surface area contributed by atoms with Crippen LogP contribution >= 0.6 is 0 Å². The molecule has 128 valence electrons. The smallest absolute Gasteiger partial charge is 0.136 e. The standard InChI is InChI=1S/C19H19FN4O/c1-10-6-13(25)3-5-15(10)24-19-17-14-7-12(20)2-4-16(14)23-18(17)11(8-21)9-22-19/h2,4,7,9-10,13,15,23,25H,3,5-6H2,1H3,(H,22,24)/t10-,13+,15+/m0/s1. The number of H-pyrrole nitrogens is 1. The Morgan fingerprint density at radius 3 is 3.00 bits per heavy atom. The zero-order valence-electron chi connectivity index (χ0n) is 13.9. The van der Waals surface area contributed by atoms with Crippen LogP contribution in [0.4, 0.5) is 10.2 Å². The van der Waals surface area contributed by atoms with Gasteiger partial charge in [0.15, 0.2) is 0 Å². The van der Waals surface area contributed by atoms with Gasteiger partial charge in [0.1, 0.15) is 17.7 Å². The van der Waals surface area contributed by atoms with Crippen LogP contribution in [-0.2, 0) is 0 Å². The van der Waals surface area contributed by atoms with Crippen molar-refractivity contribution in [3.8, 4) is 6.07 Å². The van der Waals surface area contributed by atoms with Gasteiger partial charge in [0.2, 0.25) is 0 Å². The number of anilines is 1. The molecule has 1 aliphatic rings. The van der Waals surface area contributed by atoms with Crippen molar-refractivity contribution in [2.45, 2.75) is 38.3 Å². The number of pyridine rings is 1. The second kappa shape index (κ2) is 6.01. The summed E-state index contributed by atoms with van der Waals surface area (Å²) in [5.74, 6) is 0.633. The Kier molecular flexibility index (Phi) is 3.81. The molecule has 0 saturated heterocycles. The highest BCUT2D eigenvalue weighted by molar-refractivity contribution is 6.13. The van der Waals surface area contributed by atoms with Gasteiger partial charge in [-0.1, -0.05) is 6.92 Å². The Morgan fingerprint density at radius 2 is 2.24 bits per heavy atom. The van der Waals surface area contributed by atoms with Crippen molar-refractivity contribution in [2.75, 3.05) is 5.32 Å². The zero-order chi connectivity index (χ0) is 17.6. The number of hydrogen-bond acceptors (Lipinski definition) is 4. The summed E-state index contributed by atoms with van der Waals surface area (Å²) < 4.78 is 13.8. The first-order valence-corrected chi connectivity index (χ1v) is 8.51. The van der Waals surface area contributed by atoms with E-state index in [0.29, 0.717) is 28.2 Å². The number of rotatable bonds is 2. The summed E-state index contributed by atoms with van der Waals surface area (Å²) in [4.78, 5) is 7.65. The SMILES string of the molecule is C[C@H]1C[C@H](O)CC[C@H]1Nc1ncc(C#N)c2[nH]c3ccc(F)cc3c12. The molecule has 3 atom stereocenters. The van der Waals surface area contributed by atoms with Crippen molar-refractivity contribution in [2.24, 2.45) is 5.92 Å². The lowest BCUT2D eigenvalue weighted by Crippen LogP contribution is -2.35. The van der Waals surface area contributed by atoms with E-state index in [0.717, 1.165) is 30.2 Å². The molecule has 0 radical (unpaired) electrons. The van der Waals surface area contributed by atoms with Gasteiger partial charge < -0.3 is 15.4 Å². The van der Waals surface area contributed by atoms with E-state index in [2.05, 4.69) is 28.3 Å². The van der Waals surface area contributed by atoms with Crippen molar-refractivity contribution >= 4 is 27.6 Å². The van der Waals surface area contributed by atoms with Crippen LogP contribution < -0.4 is 5.32 Å². The number of fused-ring (bicyclic) bond motifs is 3. The highest BCUT2D eigenvalue weighted by Crippen LogP contribution is 2.35. The summed E-state index contributed by atoms with van der Waals surface area (Å²) in [5, 5.41) is 24.1. The lowest BCUT2D eigenvalue weighted by atomic mass is 9.84. The van der Waals surface area contributed by atoms with E-state index in [9.17, 15) is 14.8 Å². The average molecular weight is 338 g/mol. The molecule has 3 aromatic rings. The molecule has 0 bridgehead atoms. The maximum absolute atomic E-state index is 13.8. The van der Waals surface area contributed by atoms with Gasteiger partial charge >= 0.3 is 0 Å². The normalized spacial score (nSPS) is 23.7. The van der Waals surface area contributed by atoms with Crippen molar-refractivity contribution in [1.82, 2.24) is 9.97 Å². The molecule has 0 unspecified atom stereocenters. The summed E-state index contributed by atoms with van der Waals surface area (Å²) in [6.45, 7) is 2.11. The molecular weight excluding hydrogens is 319 g/mol. The number of benzene rings is 1. The number of nitrogens with zero attached hydrogens (tertiary/aromatic N) is 2. The molecule has 1 saturated carbocycles. The highest BCUT2D eigenvalue weighted by Gasteiger charge is 2.27. The highest BCUT2D eigenvalue weighted by atomic mass is 19.1. The minimum Gasteiger partial charge on any atom is -0.393 e. The fourth-order valence-electron chi connectivity index (χ4n) is 3.82. The van der Waals surface area contributed by atoms with Crippen LogP contribution in [0, 0.1) is 23.1 Å². The van der Waals surface area contributed by atoms with Crippen LogP contribution in [0.1, 0.15) is 31.7 Å².